The molecule has 1 rings (SSSR count). The zero-order valence-corrected chi connectivity index (χ0v) is 16.2. The fourth-order valence-corrected chi connectivity index (χ4v) is 4.97. The smallest absolute Gasteiger partial charge is 0.00470 e. The maximum atomic E-state index is 2.30. The Hall–Kier alpha value is 0.350. The summed E-state index contributed by atoms with van der Waals surface area (Å²) in [5.41, 5.74) is 0. The van der Waals surface area contributed by atoms with Crippen molar-refractivity contribution >= 4 is 11.8 Å². The van der Waals surface area contributed by atoms with Crippen molar-refractivity contribution in [2.75, 3.05) is 5.75 Å². The molecule has 0 aliphatic carbocycles. The van der Waals surface area contributed by atoms with Crippen LogP contribution in [0.25, 0.3) is 0 Å². The first-order chi connectivity index (χ1) is 10.9. The summed E-state index contributed by atoms with van der Waals surface area (Å²) in [4.78, 5) is 0. The quantitative estimate of drug-likeness (QED) is 0.274. The number of rotatable bonds is 15. The largest absolute Gasteiger partial charge is 0.159 e. The molecule has 0 nitrogen and oxygen atoms in total. The highest BCUT2D eigenvalue weighted by Gasteiger charge is 2.12. The molecule has 132 valence electrons. The van der Waals surface area contributed by atoms with E-state index in [2.05, 4.69) is 18.7 Å². The zero-order chi connectivity index (χ0) is 15.7. The molecule has 1 atom stereocenters. The Morgan fingerprint density at radius 2 is 1.14 bits per heavy atom. The van der Waals surface area contributed by atoms with Gasteiger partial charge in [0.25, 0.3) is 0 Å². The van der Waals surface area contributed by atoms with Crippen molar-refractivity contribution in [1.29, 1.82) is 0 Å². The molecule has 1 heterocycles. The second-order valence-corrected chi connectivity index (χ2v) is 8.78. The monoisotopic (exact) mass is 326 g/mol. The molecule has 0 aromatic heterocycles. The third-order valence-corrected chi connectivity index (χ3v) is 6.62. The van der Waals surface area contributed by atoms with Gasteiger partial charge in [0, 0.05) is 5.25 Å². The van der Waals surface area contributed by atoms with E-state index in [1.54, 1.807) is 0 Å². The number of hydrogen-bond donors (Lipinski definition) is 0. The normalized spacial score (nSPS) is 18.7. The lowest BCUT2D eigenvalue weighted by Gasteiger charge is -2.20. The van der Waals surface area contributed by atoms with Crippen LogP contribution in [0.15, 0.2) is 0 Å². The van der Waals surface area contributed by atoms with Gasteiger partial charge in [0.2, 0.25) is 0 Å². The van der Waals surface area contributed by atoms with Crippen molar-refractivity contribution in [3.8, 4) is 0 Å². The van der Waals surface area contributed by atoms with E-state index in [4.69, 9.17) is 0 Å². The summed E-state index contributed by atoms with van der Waals surface area (Å²) in [5, 5.41) is 1.02. The zero-order valence-electron chi connectivity index (χ0n) is 15.4. The van der Waals surface area contributed by atoms with E-state index >= 15 is 0 Å². The van der Waals surface area contributed by atoms with Crippen molar-refractivity contribution in [3.63, 3.8) is 0 Å². The minimum absolute atomic E-state index is 1.02. The van der Waals surface area contributed by atoms with Gasteiger partial charge in [0.05, 0.1) is 0 Å². The van der Waals surface area contributed by atoms with Crippen molar-refractivity contribution < 1.29 is 0 Å². The SMILES string of the molecule is CCCCCCCCCCCCCCCCC1CCCCS1. The molecular weight excluding hydrogens is 284 g/mol. The number of hydrogen-bond acceptors (Lipinski definition) is 1. The molecule has 0 spiro atoms. The molecular formula is C21H42S. The van der Waals surface area contributed by atoms with Crippen LogP contribution in [0.5, 0.6) is 0 Å². The van der Waals surface area contributed by atoms with E-state index in [0.29, 0.717) is 0 Å². The maximum Gasteiger partial charge on any atom is 0.00470 e. The van der Waals surface area contributed by atoms with Gasteiger partial charge in [-0.15, -0.1) is 0 Å². The molecule has 0 bridgehead atoms. The van der Waals surface area contributed by atoms with E-state index in [-0.39, 0.29) is 0 Å². The summed E-state index contributed by atoms with van der Waals surface area (Å²) in [6, 6.07) is 0. The molecule has 22 heavy (non-hydrogen) atoms. The molecule has 0 aromatic rings. The first-order valence-electron chi connectivity index (χ1n) is 10.5. The van der Waals surface area contributed by atoms with Gasteiger partial charge in [-0.3, -0.25) is 0 Å². The van der Waals surface area contributed by atoms with Crippen LogP contribution < -0.4 is 0 Å². The summed E-state index contributed by atoms with van der Waals surface area (Å²) < 4.78 is 0. The van der Waals surface area contributed by atoms with E-state index < -0.39 is 0 Å². The van der Waals surface area contributed by atoms with E-state index in [0.717, 1.165) is 5.25 Å². The molecule has 1 aliphatic heterocycles. The average molecular weight is 327 g/mol. The molecule has 0 N–H and O–H groups in total. The Balaban J connectivity index is 1.68. The van der Waals surface area contributed by atoms with Crippen LogP contribution in [0, 0.1) is 0 Å². The highest BCUT2D eigenvalue weighted by atomic mass is 32.2. The number of unbranched alkanes of at least 4 members (excludes halogenated alkanes) is 13. The summed E-state index contributed by atoms with van der Waals surface area (Å²) in [6.45, 7) is 2.30. The van der Waals surface area contributed by atoms with Crippen LogP contribution in [0.4, 0.5) is 0 Å². The fraction of sp³-hybridized carbons (Fsp3) is 1.00. The topological polar surface area (TPSA) is 0 Å². The van der Waals surface area contributed by atoms with Gasteiger partial charge in [-0.1, -0.05) is 103 Å². The Morgan fingerprint density at radius 3 is 1.59 bits per heavy atom. The lowest BCUT2D eigenvalue weighted by Crippen LogP contribution is -2.08. The number of thioether (sulfide) groups is 1. The van der Waals surface area contributed by atoms with E-state index in [1.165, 1.54) is 121 Å². The summed E-state index contributed by atoms with van der Waals surface area (Å²) >= 11 is 2.25. The van der Waals surface area contributed by atoms with Gasteiger partial charge in [-0.25, -0.2) is 0 Å². The highest BCUT2D eigenvalue weighted by molar-refractivity contribution is 7.99. The second-order valence-electron chi connectivity index (χ2n) is 7.37. The van der Waals surface area contributed by atoms with Crippen LogP contribution in [-0.2, 0) is 0 Å². The van der Waals surface area contributed by atoms with Crippen molar-refractivity contribution in [3.05, 3.63) is 0 Å². The van der Waals surface area contributed by atoms with Crippen LogP contribution in [-0.4, -0.2) is 11.0 Å². The minimum atomic E-state index is 1.02. The van der Waals surface area contributed by atoms with E-state index in [9.17, 15) is 0 Å². The van der Waals surface area contributed by atoms with E-state index in [1.807, 2.05) is 0 Å². The van der Waals surface area contributed by atoms with Gasteiger partial charge < -0.3 is 0 Å². The van der Waals surface area contributed by atoms with Crippen LogP contribution in [0.3, 0.4) is 0 Å². The van der Waals surface area contributed by atoms with Crippen molar-refractivity contribution in [2.45, 2.75) is 128 Å². The molecule has 0 aromatic carbocycles. The molecule has 0 saturated carbocycles. The molecule has 1 heteroatoms. The Labute approximate surface area is 145 Å². The second kappa shape index (κ2) is 16.2. The first-order valence-corrected chi connectivity index (χ1v) is 11.6. The summed E-state index contributed by atoms with van der Waals surface area (Å²) in [6.07, 6.45) is 26.7. The van der Waals surface area contributed by atoms with Gasteiger partial charge in [-0.05, 0) is 25.0 Å². The van der Waals surface area contributed by atoms with Crippen LogP contribution in [0.1, 0.15) is 122 Å². The van der Waals surface area contributed by atoms with Gasteiger partial charge in [0.15, 0.2) is 0 Å². The lowest BCUT2D eigenvalue weighted by molar-refractivity contribution is 0.525. The van der Waals surface area contributed by atoms with Crippen molar-refractivity contribution in [1.82, 2.24) is 0 Å². The third kappa shape index (κ3) is 12.9. The van der Waals surface area contributed by atoms with Gasteiger partial charge in [0.1, 0.15) is 0 Å². The molecule has 1 saturated heterocycles. The molecule has 0 radical (unpaired) electrons. The standard InChI is InChI=1S/C21H42S/c1-2-3-4-5-6-7-8-9-10-11-12-13-14-15-18-21-19-16-17-20-22-21/h21H,2-20H2,1H3. The maximum absolute atomic E-state index is 2.30. The average Bonchev–Trinajstić information content (AvgIpc) is 2.56. The third-order valence-electron chi connectivity index (χ3n) is 5.15. The van der Waals surface area contributed by atoms with Gasteiger partial charge in [-0.2, -0.15) is 11.8 Å². The predicted octanol–water partition coefficient (Wildman–Crippen LogP) is 8.14. The minimum Gasteiger partial charge on any atom is -0.159 e. The highest BCUT2D eigenvalue weighted by Crippen LogP contribution is 2.29. The molecule has 0 amide bonds. The first kappa shape index (κ1) is 20.4. The molecule has 1 unspecified atom stereocenters. The fourth-order valence-electron chi connectivity index (χ4n) is 3.60. The van der Waals surface area contributed by atoms with Gasteiger partial charge >= 0.3 is 0 Å². The predicted molar refractivity (Wildman–Crippen MR) is 105 cm³/mol. The van der Waals surface area contributed by atoms with Crippen molar-refractivity contribution in [2.24, 2.45) is 0 Å². The summed E-state index contributed by atoms with van der Waals surface area (Å²) in [7, 11) is 0. The summed E-state index contributed by atoms with van der Waals surface area (Å²) in [5.74, 6) is 1.43. The molecule has 1 fully saturated rings. The lowest BCUT2D eigenvalue weighted by atomic mass is 10.0. The Kier molecular flexibility index (Phi) is 15.0. The van der Waals surface area contributed by atoms with Crippen LogP contribution >= 0.6 is 11.8 Å². The molecule has 1 aliphatic rings. The Bertz CT molecular complexity index is 208. The Morgan fingerprint density at radius 1 is 0.636 bits per heavy atom. The van der Waals surface area contributed by atoms with Crippen LogP contribution in [0.2, 0.25) is 0 Å².